The fourth-order valence-electron chi connectivity index (χ4n) is 4.44. The zero-order chi connectivity index (χ0) is 24.2. The number of hydrogen-bond donors (Lipinski definition) is 1. The number of unbranched alkanes of at least 4 members (excludes halogenated alkanes) is 1. The molecule has 7 heteroatoms. The minimum Gasteiger partial charge on any atom is -0.497 e. The number of carbonyl (C=O) groups is 1. The van der Waals surface area contributed by atoms with Gasteiger partial charge in [-0.1, -0.05) is 25.5 Å². The van der Waals surface area contributed by atoms with E-state index in [0.29, 0.717) is 18.8 Å². The fraction of sp³-hybridized carbons (Fsp3) is 0.250. The van der Waals surface area contributed by atoms with E-state index >= 15 is 0 Å². The zero-order valence-electron chi connectivity index (χ0n) is 19.9. The quantitative estimate of drug-likeness (QED) is 0.333. The van der Waals surface area contributed by atoms with Gasteiger partial charge in [0.05, 0.1) is 25.5 Å². The van der Waals surface area contributed by atoms with Crippen molar-refractivity contribution in [3.05, 3.63) is 95.4 Å². The van der Waals surface area contributed by atoms with E-state index in [1.165, 1.54) is 0 Å². The van der Waals surface area contributed by atoms with Gasteiger partial charge >= 0.3 is 0 Å². The molecule has 1 atom stereocenters. The van der Waals surface area contributed by atoms with Crippen LogP contribution in [0, 0.1) is 0 Å². The van der Waals surface area contributed by atoms with Crippen molar-refractivity contribution in [2.75, 3.05) is 13.7 Å². The molecule has 0 fully saturated rings. The highest BCUT2D eigenvalue weighted by Crippen LogP contribution is 2.43. The molecule has 178 valence electrons. The van der Waals surface area contributed by atoms with Crippen LogP contribution in [-0.2, 0) is 6.54 Å². The molecule has 2 aromatic carbocycles. The molecular weight excluding hydrogens is 440 g/mol. The molecule has 0 spiro atoms. The number of pyridine rings is 1. The molecule has 3 heterocycles. The third-order valence-electron chi connectivity index (χ3n) is 6.29. The smallest absolute Gasteiger partial charge is 0.273 e. The average Bonchev–Trinajstić information content (AvgIpc) is 3.44. The number of aromatic amines is 1. The third kappa shape index (κ3) is 4.49. The molecule has 1 aliphatic rings. The normalized spacial score (nSPS) is 14.7. The number of ether oxygens (including phenoxy) is 2. The fourth-order valence-corrected chi connectivity index (χ4v) is 4.44. The van der Waals surface area contributed by atoms with Crippen LogP contribution >= 0.6 is 0 Å². The van der Waals surface area contributed by atoms with E-state index in [1.807, 2.05) is 65.6 Å². The Bertz CT molecular complexity index is 1280. The summed E-state index contributed by atoms with van der Waals surface area (Å²) >= 11 is 0. The second-order valence-corrected chi connectivity index (χ2v) is 8.55. The largest absolute Gasteiger partial charge is 0.497 e. The van der Waals surface area contributed by atoms with E-state index in [2.05, 4.69) is 22.1 Å². The van der Waals surface area contributed by atoms with Crippen LogP contribution in [0.1, 0.15) is 53.0 Å². The van der Waals surface area contributed by atoms with E-state index in [1.54, 1.807) is 19.5 Å². The molecule has 0 saturated heterocycles. The van der Waals surface area contributed by atoms with Crippen LogP contribution < -0.4 is 9.47 Å². The van der Waals surface area contributed by atoms with Crippen molar-refractivity contribution in [2.24, 2.45) is 0 Å². The molecule has 7 nitrogen and oxygen atoms in total. The lowest BCUT2D eigenvalue weighted by Crippen LogP contribution is -2.29. The van der Waals surface area contributed by atoms with Gasteiger partial charge < -0.3 is 14.4 Å². The Hall–Kier alpha value is -4.13. The number of methoxy groups -OCH3 is 1. The third-order valence-corrected chi connectivity index (χ3v) is 6.29. The molecule has 1 amide bonds. The molecule has 1 N–H and O–H groups in total. The Morgan fingerprint density at radius 1 is 0.971 bits per heavy atom. The predicted molar refractivity (Wildman–Crippen MR) is 133 cm³/mol. The molecule has 0 aliphatic carbocycles. The first-order chi connectivity index (χ1) is 17.2. The molecule has 0 radical (unpaired) electrons. The Kier molecular flexibility index (Phi) is 6.48. The first-order valence-electron chi connectivity index (χ1n) is 11.8. The van der Waals surface area contributed by atoms with E-state index < -0.39 is 0 Å². The summed E-state index contributed by atoms with van der Waals surface area (Å²) in [6, 6.07) is 19.4. The van der Waals surface area contributed by atoms with Crippen molar-refractivity contribution in [1.29, 1.82) is 0 Å². The van der Waals surface area contributed by atoms with Crippen LogP contribution in [0.3, 0.4) is 0 Å². The topological polar surface area (TPSA) is 80.3 Å². The molecule has 5 rings (SSSR count). The molecular formula is C28H28N4O3. The van der Waals surface area contributed by atoms with Gasteiger partial charge in [-0.25, -0.2) is 0 Å². The number of amides is 1. The standard InChI is InChI=1S/C28H28N4O3/c1-3-4-17-35-23-11-7-21(8-12-23)27-24-25(20-5-9-22(34-2)10-6-20)30-31-26(24)28(33)32(27)18-19-13-15-29-16-14-19/h5-16,27H,3-4,17-18H2,1-2H3,(H,30,31). The molecule has 1 aliphatic heterocycles. The summed E-state index contributed by atoms with van der Waals surface area (Å²) in [6.45, 7) is 3.30. The molecule has 0 saturated carbocycles. The Morgan fingerprint density at radius 2 is 1.69 bits per heavy atom. The van der Waals surface area contributed by atoms with Crippen molar-refractivity contribution in [1.82, 2.24) is 20.1 Å². The van der Waals surface area contributed by atoms with E-state index in [0.717, 1.165) is 52.3 Å². The van der Waals surface area contributed by atoms with Crippen molar-refractivity contribution >= 4 is 5.91 Å². The average molecular weight is 469 g/mol. The summed E-state index contributed by atoms with van der Waals surface area (Å²) in [5, 5.41) is 7.57. The van der Waals surface area contributed by atoms with Crippen LogP contribution in [0.2, 0.25) is 0 Å². The second kappa shape index (κ2) is 10.0. The van der Waals surface area contributed by atoms with Crippen LogP contribution in [-0.4, -0.2) is 39.7 Å². The number of nitrogens with zero attached hydrogens (tertiary/aromatic N) is 3. The second-order valence-electron chi connectivity index (χ2n) is 8.55. The summed E-state index contributed by atoms with van der Waals surface area (Å²) in [5.74, 6) is 1.53. The number of aromatic nitrogens is 3. The SMILES string of the molecule is CCCCOc1ccc(C2c3c(-c4ccc(OC)cc4)n[nH]c3C(=O)N2Cc2ccncc2)cc1. The van der Waals surface area contributed by atoms with Gasteiger partial charge in [-0.05, 0) is 66.1 Å². The van der Waals surface area contributed by atoms with Crippen molar-refractivity contribution in [2.45, 2.75) is 32.4 Å². The lowest BCUT2D eigenvalue weighted by Gasteiger charge is -2.26. The maximum absolute atomic E-state index is 13.6. The van der Waals surface area contributed by atoms with Gasteiger partial charge in [0.1, 0.15) is 17.2 Å². The van der Waals surface area contributed by atoms with Crippen molar-refractivity contribution in [3.8, 4) is 22.8 Å². The number of nitrogens with one attached hydrogen (secondary N) is 1. The lowest BCUT2D eigenvalue weighted by atomic mass is 9.96. The van der Waals surface area contributed by atoms with Gasteiger partial charge in [-0.15, -0.1) is 0 Å². The maximum atomic E-state index is 13.6. The number of benzene rings is 2. The highest BCUT2D eigenvalue weighted by atomic mass is 16.5. The van der Waals surface area contributed by atoms with Gasteiger partial charge in [0.15, 0.2) is 0 Å². The Morgan fingerprint density at radius 3 is 2.37 bits per heavy atom. The van der Waals surface area contributed by atoms with E-state index in [9.17, 15) is 4.79 Å². The van der Waals surface area contributed by atoms with E-state index in [4.69, 9.17) is 9.47 Å². The number of H-pyrrole nitrogens is 1. The van der Waals surface area contributed by atoms with Crippen LogP contribution in [0.4, 0.5) is 0 Å². The van der Waals surface area contributed by atoms with Crippen molar-refractivity contribution < 1.29 is 14.3 Å². The Balaban J connectivity index is 1.54. The van der Waals surface area contributed by atoms with E-state index in [-0.39, 0.29) is 11.9 Å². The van der Waals surface area contributed by atoms with Gasteiger partial charge in [-0.3, -0.25) is 14.9 Å². The van der Waals surface area contributed by atoms with Crippen LogP contribution in [0.5, 0.6) is 11.5 Å². The highest BCUT2D eigenvalue weighted by Gasteiger charge is 2.42. The van der Waals surface area contributed by atoms with Crippen LogP contribution in [0.15, 0.2) is 73.1 Å². The molecule has 1 unspecified atom stereocenters. The number of fused-ring (bicyclic) bond motifs is 1. The maximum Gasteiger partial charge on any atom is 0.273 e. The van der Waals surface area contributed by atoms with Gasteiger partial charge in [0, 0.05) is 30.1 Å². The minimum absolute atomic E-state index is 0.0719. The molecule has 4 aromatic rings. The zero-order valence-corrected chi connectivity index (χ0v) is 19.9. The summed E-state index contributed by atoms with van der Waals surface area (Å²) in [7, 11) is 1.64. The summed E-state index contributed by atoms with van der Waals surface area (Å²) in [6.07, 6.45) is 5.60. The minimum atomic E-state index is -0.286. The van der Waals surface area contributed by atoms with Gasteiger partial charge in [0.2, 0.25) is 0 Å². The summed E-state index contributed by atoms with van der Waals surface area (Å²) in [5.41, 5.74) is 5.12. The molecule has 0 bridgehead atoms. The van der Waals surface area contributed by atoms with Crippen molar-refractivity contribution in [3.63, 3.8) is 0 Å². The first-order valence-corrected chi connectivity index (χ1v) is 11.8. The van der Waals surface area contributed by atoms with Gasteiger partial charge in [-0.2, -0.15) is 5.10 Å². The summed E-state index contributed by atoms with van der Waals surface area (Å²) in [4.78, 5) is 19.6. The Labute approximate surface area is 204 Å². The highest BCUT2D eigenvalue weighted by molar-refractivity contribution is 6.00. The lowest BCUT2D eigenvalue weighted by molar-refractivity contribution is 0.0730. The number of hydrogen-bond acceptors (Lipinski definition) is 5. The molecule has 35 heavy (non-hydrogen) atoms. The summed E-state index contributed by atoms with van der Waals surface area (Å²) < 4.78 is 11.2. The van der Waals surface area contributed by atoms with Gasteiger partial charge in [0.25, 0.3) is 5.91 Å². The number of rotatable bonds is 9. The molecule has 2 aromatic heterocycles. The first kappa shape index (κ1) is 22.7. The number of carbonyl (C=O) groups excluding carboxylic acids is 1. The van der Waals surface area contributed by atoms with Crippen LogP contribution in [0.25, 0.3) is 11.3 Å². The monoisotopic (exact) mass is 468 g/mol. The predicted octanol–water partition coefficient (Wildman–Crippen LogP) is 5.40.